The molecule has 4 nitrogen and oxygen atoms in total. The molecule has 2 atom stereocenters. The zero-order valence-corrected chi connectivity index (χ0v) is 17.0. The first-order valence-electron chi connectivity index (χ1n) is 9.66. The average molecular weight is 407 g/mol. The average Bonchev–Trinajstić information content (AvgIpc) is 2.74. The highest BCUT2D eigenvalue weighted by atomic mass is 35.5. The van der Waals surface area contributed by atoms with Crippen LogP contribution in [-0.2, 0) is 17.8 Å². The summed E-state index contributed by atoms with van der Waals surface area (Å²) < 4.78 is 5.86. The first-order chi connectivity index (χ1) is 14.0. The van der Waals surface area contributed by atoms with Crippen LogP contribution in [0.25, 0.3) is 0 Å². The van der Waals surface area contributed by atoms with Crippen LogP contribution in [-0.4, -0.2) is 11.9 Å². The number of nitrogens with zero attached hydrogens (tertiary/aromatic N) is 1. The van der Waals surface area contributed by atoms with E-state index in [9.17, 15) is 4.79 Å². The number of carbonyl (C=O) groups excluding carboxylic acids is 1. The van der Waals surface area contributed by atoms with E-state index in [0.29, 0.717) is 18.1 Å². The van der Waals surface area contributed by atoms with Crippen LogP contribution in [0.2, 0.25) is 5.02 Å². The molecule has 5 heteroatoms. The molecule has 0 radical (unpaired) electrons. The van der Waals surface area contributed by atoms with Crippen LogP contribution < -0.4 is 15.4 Å². The summed E-state index contributed by atoms with van der Waals surface area (Å²) in [6.45, 7) is 2.47. The van der Waals surface area contributed by atoms with Crippen LogP contribution >= 0.6 is 11.6 Å². The molecule has 0 fully saturated rings. The maximum atomic E-state index is 12.9. The van der Waals surface area contributed by atoms with Gasteiger partial charge in [0.2, 0.25) is 5.91 Å². The number of fused-ring (bicyclic) bond motifs is 1. The van der Waals surface area contributed by atoms with Crippen molar-refractivity contribution in [2.45, 2.75) is 32.0 Å². The van der Waals surface area contributed by atoms with Gasteiger partial charge in [-0.1, -0.05) is 60.1 Å². The van der Waals surface area contributed by atoms with Crippen LogP contribution in [0, 0.1) is 0 Å². The molecular formula is C24H23ClN2O2. The molecule has 0 unspecified atom stereocenters. The lowest BCUT2D eigenvalue weighted by Crippen LogP contribution is -2.49. The molecule has 2 N–H and O–H groups in total. The summed E-state index contributed by atoms with van der Waals surface area (Å²) in [6.07, 6.45) is 0.527. The summed E-state index contributed by atoms with van der Waals surface area (Å²) in [6, 6.07) is 22.7. The molecule has 0 spiro atoms. The Hall–Kier alpha value is -2.82. The van der Waals surface area contributed by atoms with E-state index in [2.05, 4.69) is 6.07 Å². The summed E-state index contributed by atoms with van der Waals surface area (Å²) in [4.78, 5) is 14.7. The smallest absolute Gasteiger partial charge is 0.244 e. The Balaban J connectivity index is 1.60. The van der Waals surface area contributed by atoms with Gasteiger partial charge < -0.3 is 15.4 Å². The fourth-order valence-electron chi connectivity index (χ4n) is 3.73. The predicted octanol–water partition coefficient (Wildman–Crippen LogP) is 4.90. The Morgan fingerprint density at radius 2 is 1.90 bits per heavy atom. The number of ether oxygens (including phenoxy) is 1. The van der Waals surface area contributed by atoms with Crippen LogP contribution in [0.5, 0.6) is 5.75 Å². The van der Waals surface area contributed by atoms with Crippen molar-refractivity contribution in [3.8, 4) is 5.75 Å². The Kier molecular flexibility index (Phi) is 5.56. The van der Waals surface area contributed by atoms with Gasteiger partial charge in [-0.05, 0) is 54.3 Å². The number of hydrogen-bond donors (Lipinski definition) is 1. The van der Waals surface area contributed by atoms with Crippen molar-refractivity contribution in [3.05, 3.63) is 94.5 Å². The minimum Gasteiger partial charge on any atom is -0.489 e. The lowest BCUT2D eigenvalue weighted by molar-refractivity contribution is -0.120. The standard InChI is InChI=1S/C24H23ClN2O2/c1-16(27-23-14-20(25)11-10-19(23)13-22(26)24(27)28)18-7-5-6-17(12-18)15-29-21-8-3-2-4-9-21/h2-12,14,16,22H,13,15,26H2,1H3/t16-,22+/m0/s1. The molecular weight excluding hydrogens is 384 g/mol. The number of amides is 1. The number of halogens is 1. The second-order valence-electron chi connectivity index (χ2n) is 7.31. The Morgan fingerprint density at radius 3 is 2.69 bits per heavy atom. The predicted molar refractivity (Wildman–Crippen MR) is 116 cm³/mol. The van der Waals surface area contributed by atoms with Crippen LogP contribution in [0.4, 0.5) is 5.69 Å². The van der Waals surface area contributed by atoms with Crippen LogP contribution in [0.15, 0.2) is 72.8 Å². The highest BCUT2D eigenvalue weighted by Gasteiger charge is 2.34. The maximum absolute atomic E-state index is 12.9. The third-order valence-electron chi connectivity index (χ3n) is 5.27. The minimum atomic E-state index is -0.546. The van der Waals surface area contributed by atoms with E-state index in [1.54, 1.807) is 4.90 Å². The maximum Gasteiger partial charge on any atom is 0.244 e. The second kappa shape index (κ2) is 8.27. The second-order valence-corrected chi connectivity index (χ2v) is 7.75. The van der Waals surface area contributed by atoms with E-state index in [1.165, 1.54) is 0 Å². The summed E-state index contributed by atoms with van der Waals surface area (Å²) in [7, 11) is 0. The monoisotopic (exact) mass is 406 g/mol. The van der Waals surface area contributed by atoms with Gasteiger partial charge in [-0.2, -0.15) is 0 Å². The van der Waals surface area contributed by atoms with Gasteiger partial charge in [0, 0.05) is 10.7 Å². The molecule has 0 bridgehead atoms. The molecule has 148 valence electrons. The normalized spacial score (nSPS) is 17.0. The van der Waals surface area contributed by atoms with Crippen molar-refractivity contribution in [2.24, 2.45) is 5.73 Å². The van der Waals surface area contributed by atoms with Gasteiger partial charge in [-0.3, -0.25) is 4.79 Å². The zero-order valence-electron chi connectivity index (χ0n) is 16.2. The van der Waals surface area contributed by atoms with Crippen molar-refractivity contribution in [2.75, 3.05) is 4.90 Å². The van der Waals surface area contributed by atoms with E-state index in [0.717, 1.165) is 28.1 Å². The highest BCUT2D eigenvalue weighted by molar-refractivity contribution is 6.31. The summed E-state index contributed by atoms with van der Waals surface area (Å²) in [5.74, 6) is 0.741. The number of para-hydroxylation sites is 1. The van der Waals surface area contributed by atoms with E-state index in [4.69, 9.17) is 22.1 Å². The number of nitrogens with two attached hydrogens (primary N) is 1. The molecule has 1 aliphatic heterocycles. The summed E-state index contributed by atoms with van der Waals surface area (Å²) in [5, 5.41) is 0.606. The Bertz CT molecular complexity index is 1020. The Morgan fingerprint density at radius 1 is 1.10 bits per heavy atom. The third kappa shape index (κ3) is 4.14. The third-order valence-corrected chi connectivity index (χ3v) is 5.51. The molecule has 3 aromatic carbocycles. The van der Waals surface area contributed by atoms with E-state index in [-0.39, 0.29) is 11.9 Å². The van der Waals surface area contributed by atoms with Gasteiger partial charge in [0.05, 0.1) is 12.1 Å². The molecule has 0 aliphatic carbocycles. The first-order valence-corrected chi connectivity index (χ1v) is 10.0. The summed E-state index contributed by atoms with van der Waals surface area (Å²) >= 11 is 6.22. The minimum absolute atomic E-state index is 0.0850. The van der Waals surface area contributed by atoms with Crippen molar-refractivity contribution in [3.63, 3.8) is 0 Å². The fourth-order valence-corrected chi connectivity index (χ4v) is 3.90. The van der Waals surface area contributed by atoms with Crippen molar-refractivity contribution < 1.29 is 9.53 Å². The van der Waals surface area contributed by atoms with Crippen molar-refractivity contribution in [1.82, 2.24) is 0 Å². The molecule has 1 aliphatic rings. The van der Waals surface area contributed by atoms with Gasteiger partial charge in [0.25, 0.3) is 0 Å². The van der Waals surface area contributed by atoms with Crippen LogP contribution in [0.1, 0.15) is 29.7 Å². The van der Waals surface area contributed by atoms with Gasteiger partial charge in [0.15, 0.2) is 0 Å². The molecule has 1 amide bonds. The van der Waals surface area contributed by atoms with Gasteiger partial charge >= 0.3 is 0 Å². The van der Waals surface area contributed by atoms with Gasteiger partial charge in [-0.15, -0.1) is 0 Å². The number of benzene rings is 3. The fraction of sp³-hybridized carbons (Fsp3) is 0.208. The summed E-state index contributed by atoms with van der Waals surface area (Å²) in [5.41, 5.74) is 10.1. The quantitative estimate of drug-likeness (QED) is 0.655. The van der Waals surface area contributed by atoms with Crippen molar-refractivity contribution in [1.29, 1.82) is 0 Å². The molecule has 29 heavy (non-hydrogen) atoms. The lowest BCUT2D eigenvalue weighted by Gasteiger charge is -2.37. The SMILES string of the molecule is C[C@@H](c1cccc(COc2ccccc2)c1)N1C(=O)[C@H](N)Cc2ccc(Cl)cc21. The molecule has 0 saturated carbocycles. The number of carbonyl (C=O) groups is 1. The van der Waals surface area contributed by atoms with Crippen LogP contribution in [0.3, 0.4) is 0 Å². The zero-order chi connectivity index (χ0) is 20.4. The van der Waals surface area contributed by atoms with Crippen molar-refractivity contribution >= 4 is 23.2 Å². The van der Waals surface area contributed by atoms with E-state index in [1.807, 2.05) is 73.7 Å². The molecule has 4 rings (SSSR count). The molecule has 3 aromatic rings. The number of rotatable bonds is 5. The molecule has 0 aromatic heterocycles. The number of hydrogen-bond acceptors (Lipinski definition) is 3. The number of anilines is 1. The first kappa shape index (κ1) is 19.5. The largest absolute Gasteiger partial charge is 0.489 e. The molecule has 1 heterocycles. The molecule has 0 saturated heterocycles. The van der Waals surface area contributed by atoms with Gasteiger partial charge in [-0.25, -0.2) is 0 Å². The lowest BCUT2D eigenvalue weighted by atomic mass is 9.94. The van der Waals surface area contributed by atoms with E-state index < -0.39 is 6.04 Å². The Labute approximate surface area is 175 Å². The van der Waals surface area contributed by atoms with E-state index >= 15 is 0 Å². The topological polar surface area (TPSA) is 55.6 Å². The highest BCUT2D eigenvalue weighted by Crippen LogP contribution is 2.36. The van der Waals surface area contributed by atoms with Gasteiger partial charge in [0.1, 0.15) is 12.4 Å².